The molecular weight excluding hydrogens is 362 g/mol. The number of amides is 1. The topological polar surface area (TPSA) is 92.5 Å². The van der Waals surface area contributed by atoms with Gasteiger partial charge in [-0.2, -0.15) is 0 Å². The summed E-state index contributed by atoms with van der Waals surface area (Å²) in [7, 11) is -3.76. The second-order valence-corrected chi connectivity index (χ2v) is 8.18. The van der Waals surface area contributed by atoms with Crippen LogP contribution in [0.2, 0.25) is 0 Å². The first-order valence-electron chi connectivity index (χ1n) is 9.06. The van der Waals surface area contributed by atoms with Crippen molar-refractivity contribution < 1.29 is 13.2 Å². The number of nitrogens with one attached hydrogen (secondary N) is 1. The van der Waals surface area contributed by atoms with Crippen LogP contribution in [-0.4, -0.2) is 34.0 Å². The van der Waals surface area contributed by atoms with E-state index in [0.29, 0.717) is 18.8 Å². The Labute approximate surface area is 161 Å². The lowest BCUT2D eigenvalue weighted by atomic mass is 10.2. The van der Waals surface area contributed by atoms with E-state index >= 15 is 0 Å². The van der Waals surface area contributed by atoms with E-state index in [4.69, 9.17) is 5.73 Å². The maximum Gasteiger partial charge on any atom is 0.264 e. The van der Waals surface area contributed by atoms with Crippen molar-refractivity contribution in [3.63, 3.8) is 0 Å². The van der Waals surface area contributed by atoms with E-state index in [1.54, 1.807) is 48.5 Å². The van der Waals surface area contributed by atoms with Gasteiger partial charge in [0, 0.05) is 19.5 Å². The molecule has 0 aliphatic heterocycles. The Balaban J connectivity index is 2.15. The van der Waals surface area contributed by atoms with E-state index in [1.165, 1.54) is 4.31 Å². The van der Waals surface area contributed by atoms with Gasteiger partial charge in [0.25, 0.3) is 10.0 Å². The van der Waals surface area contributed by atoms with Crippen molar-refractivity contribution in [1.82, 2.24) is 5.32 Å². The number of sulfonamides is 1. The second-order valence-electron chi connectivity index (χ2n) is 6.32. The fraction of sp³-hybridized carbons (Fsp3) is 0.350. The molecule has 2 aromatic rings. The first-order chi connectivity index (χ1) is 12.9. The maximum absolute atomic E-state index is 13.1. The standard InChI is InChI=1S/C20H27N3O3S/c1-17-9-11-19(12-10-17)27(25,26)23(18-7-3-2-4-8-18)16-13-20(24)22-15-6-5-14-21/h2-4,7-12H,5-6,13-16,21H2,1H3,(H,22,24). The Morgan fingerprint density at radius 2 is 1.70 bits per heavy atom. The van der Waals surface area contributed by atoms with Gasteiger partial charge in [-0.1, -0.05) is 35.9 Å². The number of nitrogens with two attached hydrogens (primary N) is 1. The third-order valence-corrected chi connectivity index (χ3v) is 5.99. The Bertz CT molecular complexity index is 821. The number of rotatable bonds is 10. The number of aryl methyl sites for hydroxylation is 1. The van der Waals surface area contributed by atoms with Gasteiger partial charge in [-0.05, 0) is 50.6 Å². The SMILES string of the molecule is Cc1ccc(S(=O)(=O)N(CCC(=O)NCCCCN)c2ccccc2)cc1. The third-order valence-electron chi connectivity index (χ3n) is 4.15. The monoisotopic (exact) mass is 389 g/mol. The summed E-state index contributed by atoms with van der Waals surface area (Å²) in [4.78, 5) is 12.3. The minimum atomic E-state index is -3.76. The highest BCUT2D eigenvalue weighted by molar-refractivity contribution is 7.92. The normalized spacial score (nSPS) is 11.2. The first-order valence-corrected chi connectivity index (χ1v) is 10.5. The largest absolute Gasteiger partial charge is 0.356 e. The lowest BCUT2D eigenvalue weighted by Crippen LogP contribution is -2.35. The van der Waals surface area contributed by atoms with Crippen molar-refractivity contribution in [3.8, 4) is 0 Å². The molecule has 1 amide bonds. The van der Waals surface area contributed by atoms with Gasteiger partial charge in [0.1, 0.15) is 0 Å². The van der Waals surface area contributed by atoms with Crippen LogP contribution in [0.25, 0.3) is 0 Å². The second kappa shape index (κ2) is 10.1. The summed E-state index contributed by atoms with van der Waals surface area (Å²) in [5.74, 6) is -0.174. The van der Waals surface area contributed by atoms with E-state index < -0.39 is 10.0 Å². The molecule has 7 heteroatoms. The van der Waals surface area contributed by atoms with E-state index in [9.17, 15) is 13.2 Å². The van der Waals surface area contributed by atoms with E-state index in [0.717, 1.165) is 18.4 Å². The molecule has 0 aliphatic carbocycles. The highest BCUT2D eigenvalue weighted by Gasteiger charge is 2.25. The Morgan fingerprint density at radius 3 is 2.33 bits per heavy atom. The molecule has 0 spiro atoms. The van der Waals surface area contributed by atoms with E-state index in [1.807, 2.05) is 13.0 Å². The van der Waals surface area contributed by atoms with Crippen LogP contribution in [0, 0.1) is 6.92 Å². The number of anilines is 1. The van der Waals surface area contributed by atoms with Crippen LogP contribution in [0.3, 0.4) is 0 Å². The summed E-state index contributed by atoms with van der Waals surface area (Å²) in [6.45, 7) is 3.11. The molecule has 2 aromatic carbocycles. The van der Waals surface area contributed by atoms with Crippen LogP contribution < -0.4 is 15.4 Å². The number of benzene rings is 2. The number of unbranched alkanes of at least 4 members (excludes halogenated alkanes) is 1. The molecule has 0 unspecified atom stereocenters. The molecule has 0 aromatic heterocycles. The summed E-state index contributed by atoms with van der Waals surface area (Å²) >= 11 is 0. The van der Waals surface area contributed by atoms with Gasteiger partial charge in [0.15, 0.2) is 0 Å². The molecule has 146 valence electrons. The fourth-order valence-electron chi connectivity index (χ4n) is 2.61. The molecular formula is C20H27N3O3S. The highest BCUT2D eigenvalue weighted by Crippen LogP contribution is 2.24. The third kappa shape index (κ3) is 6.08. The van der Waals surface area contributed by atoms with Crippen LogP contribution in [0.5, 0.6) is 0 Å². The van der Waals surface area contributed by atoms with Crippen molar-refractivity contribution in [2.75, 3.05) is 23.9 Å². The predicted octanol–water partition coefficient (Wildman–Crippen LogP) is 2.44. The first kappa shape index (κ1) is 20.9. The zero-order valence-electron chi connectivity index (χ0n) is 15.6. The predicted molar refractivity (Wildman–Crippen MR) is 108 cm³/mol. The van der Waals surface area contributed by atoms with Crippen LogP contribution >= 0.6 is 0 Å². The average Bonchev–Trinajstić information content (AvgIpc) is 2.66. The smallest absolute Gasteiger partial charge is 0.264 e. The molecule has 0 bridgehead atoms. The lowest BCUT2D eigenvalue weighted by molar-refractivity contribution is -0.120. The van der Waals surface area contributed by atoms with Crippen molar-refractivity contribution in [2.24, 2.45) is 5.73 Å². The quantitative estimate of drug-likeness (QED) is 0.611. The number of carbonyl (C=O) groups excluding carboxylic acids is 1. The van der Waals surface area contributed by atoms with Gasteiger partial charge in [-0.3, -0.25) is 9.10 Å². The van der Waals surface area contributed by atoms with Crippen LogP contribution in [-0.2, 0) is 14.8 Å². The minimum Gasteiger partial charge on any atom is -0.356 e. The molecule has 0 fully saturated rings. The van der Waals surface area contributed by atoms with Crippen molar-refractivity contribution >= 4 is 21.6 Å². The summed E-state index contributed by atoms with van der Waals surface area (Å²) in [5.41, 5.74) is 6.95. The molecule has 27 heavy (non-hydrogen) atoms. The molecule has 6 nitrogen and oxygen atoms in total. The van der Waals surface area contributed by atoms with Crippen molar-refractivity contribution in [2.45, 2.75) is 31.1 Å². The molecule has 0 saturated heterocycles. The maximum atomic E-state index is 13.1. The highest BCUT2D eigenvalue weighted by atomic mass is 32.2. The number of carbonyl (C=O) groups is 1. The molecule has 3 N–H and O–H groups in total. The van der Waals surface area contributed by atoms with E-state index in [-0.39, 0.29) is 23.8 Å². The van der Waals surface area contributed by atoms with Gasteiger partial charge < -0.3 is 11.1 Å². The molecule has 0 heterocycles. The number of hydrogen-bond acceptors (Lipinski definition) is 4. The van der Waals surface area contributed by atoms with Crippen LogP contribution in [0.4, 0.5) is 5.69 Å². The van der Waals surface area contributed by atoms with Crippen molar-refractivity contribution in [1.29, 1.82) is 0 Å². The zero-order valence-corrected chi connectivity index (χ0v) is 16.4. The van der Waals surface area contributed by atoms with Crippen LogP contribution in [0.1, 0.15) is 24.8 Å². The number of nitrogens with zero attached hydrogens (tertiary/aromatic N) is 1. The van der Waals surface area contributed by atoms with Crippen molar-refractivity contribution in [3.05, 3.63) is 60.2 Å². The summed E-state index contributed by atoms with van der Waals surface area (Å²) in [6.07, 6.45) is 1.74. The van der Waals surface area contributed by atoms with Gasteiger partial charge in [0.05, 0.1) is 10.6 Å². The zero-order chi connectivity index (χ0) is 19.7. The van der Waals surface area contributed by atoms with Gasteiger partial charge in [-0.15, -0.1) is 0 Å². The number of hydrogen-bond donors (Lipinski definition) is 2. The molecule has 0 saturated carbocycles. The Hall–Kier alpha value is -2.38. The fourth-order valence-corrected chi connectivity index (χ4v) is 4.07. The van der Waals surface area contributed by atoms with Gasteiger partial charge >= 0.3 is 0 Å². The molecule has 0 radical (unpaired) electrons. The summed E-state index contributed by atoms with van der Waals surface area (Å²) < 4.78 is 27.6. The average molecular weight is 390 g/mol. The van der Waals surface area contributed by atoms with Gasteiger partial charge in [-0.25, -0.2) is 8.42 Å². The minimum absolute atomic E-state index is 0.0724. The Kier molecular flexibility index (Phi) is 7.82. The molecule has 0 atom stereocenters. The summed E-state index contributed by atoms with van der Waals surface area (Å²) in [6, 6.07) is 15.5. The number of para-hydroxylation sites is 1. The van der Waals surface area contributed by atoms with Crippen LogP contribution in [0.15, 0.2) is 59.5 Å². The van der Waals surface area contributed by atoms with Gasteiger partial charge in [0.2, 0.25) is 5.91 Å². The lowest BCUT2D eigenvalue weighted by Gasteiger charge is -2.24. The summed E-state index contributed by atoms with van der Waals surface area (Å²) in [5, 5.41) is 2.81. The molecule has 0 aliphatic rings. The Morgan fingerprint density at radius 1 is 1.04 bits per heavy atom. The van der Waals surface area contributed by atoms with E-state index in [2.05, 4.69) is 5.32 Å². The molecule has 2 rings (SSSR count).